The zero-order valence-corrected chi connectivity index (χ0v) is 15.0. The van der Waals surface area contributed by atoms with Crippen LogP contribution in [-0.2, 0) is 17.8 Å². The Kier molecular flexibility index (Phi) is 5.74. The average molecular weight is 397 g/mol. The highest BCUT2D eigenvalue weighted by atomic mass is 79.9. The van der Waals surface area contributed by atoms with Crippen molar-refractivity contribution in [2.45, 2.75) is 13.0 Å². The highest BCUT2D eigenvalue weighted by molar-refractivity contribution is 9.10. The molecule has 6 heteroatoms. The van der Waals surface area contributed by atoms with Crippen molar-refractivity contribution in [3.8, 4) is 0 Å². The number of pyridine rings is 2. The molecule has 0 fully saturated rings. The van der Waals surface area contributed by atoms with Gasteiger partial charge in [0.15, 0.2) is 0 Å². The molecule has 25 heavy (non-hydrogen) atoms. The third-order valence-corrected chi connectivity index (χ3v) is 4.04. The van der Waals surface area contributed by atoms with Crippen LogP contribution in [0, 0.1) is 0 Å². The van der Waals surface area contributed by atoms with E-state index in [0.717, 1.165) is 21.4 Å². The molecule has 3 aromatic rings. The highest BCUT2D eigenvalue weighted by Crippen LogP contribution is 2.13. The number of nitrogens with zero attached hydrogens (tertiary/aromatic N) is 2. The van der Waals surface area contributed by atoms with Gasteiger partial charge in [0.05, 0.1) is 30.5 Å². The largest absolute Gasteiger partial charge is 0.378 e. The molecule has 0 aliphatic carbocycles. The van der Waals surface area contributed by atoms with Gasteiger partial charge in [-0.25, -0.2) is 4.98 Å². The summed E-state index contributed by atoms with van der Waals surface area (Å²) < 4.78 is 0.993. The first-order chi connectivity index (χ1) is 12.2. The monoisotopic (exact) mass is 396 g/mol. The van der Waals surface area contributed by atoms with Crippen LogP contribution in [0.1, 0.15) is 11.3 Å². The quantitative estimate of drug-likeness (QED) is 0.659. The van der Waals surface area contributed by atoms with Crippen LogP contribution in [-0.4, -0.2) is 15.9 Å². The molecule has 0 unspecified atom stereocenters. The van der Waals surface area contributed by atoms with E-state index in [1.807, 2.05) is 48.5 Å². The van der Waals surface area contributed by atoms with E-state index in [0.29, 0.717) is 18.8 Å². The number of benzene rings is 1. The number of carbonyl (C=O) groups is 1. The normalized spacial score (nSPS) is 10.3. The van der Waals surface area contributed by atoms with E-state index in [-0.39, 0.29) is 5.91 Å². The molecule has 0 saturated carbocycles. The number of hydrogen-bond donors (Lipinski definition) is 2. The molecule has 0 saturated heterocycles. The van der Waals surface area contributed by atoms with E-state index in [4.69, 9.17) is 0 Å². The number of aromatic nitrogens is 2. The summed E-state index contributed by atoms with van der Waals surface area (Å²) in [5.41, 5.74) is 2.78. The maximum absolute atomic E-state index is 12.1. The van der Waals surface area contributed by atoms with Crippen LogP contribution in [0.3, 0.4) is 0 Å². The lowest BCUT2D eigenvalue weighted by molar-refractivity contribution is -0.115. The zero-order valence-electron chi connectivity index (χ0n) is 13.4. The van der Waals surface area contributed by atoms with E-state index < -0.39 is 0 Å². The molecule has 3 rings (SSSR count). The van der Waals surface area contributed by atoms with Crippen LogP contribution in [0.4, 0.5) is 11.5 Å². The van der Waals surface area contributed by atoms with Gasteiger partial charge >= 0.3 is 0 Å². The van der Waals surface area contributed by atoms with Gasteiger partial charge in [-0.2, -0.15) is 0 Å². The second-order valence-corrected chi connectivity index (χ2v) is 6.37. The van der Waals surface area contributed by atoms with Gasteiger partial charge in [-0.3, -0.25) is 9.78 Å². The molecule has 1 amide bonds. The van der Waals surface area contributed by atoms with Crippen molar-refractivity contribution in [2.24, 2.45) is 0 Å². The molecule has 0 atom stereocenters. The fourth-order valence-corrected chi connectivity index (χ4v) is 2.51. The standard InChI is InChI=1S/C19H17BrN4O/c20-15-6-4-14(5-7-15)11-19(25)24-18-9-8-17(13-23-18)22-12-16-3-1-2-10-21-16/h1-10,13,22H,11-12H2,(H,23,24,25). The van der Waals surface area contributed by atoms with Gasteiger partial charge in [0.2, 0.25) is 5.91 Å². The number of carbonyl (C=O) groups excluding carboxylic acids is 1. The lowest BCUT2D eigenvalue weighted by Crippen LogP contribution is -2.15. The van der Waals surface area contributed by atoms with Crippen molar-refractivity contribution < 1.29 is 4.79 Å². The fraction of sp³-hybridized carbons (Fsp3) is 0.105. The van der Waals surface area contributed by atoms with Gasteiger partial charge < -0.3 is 10.6 Å². The highest BCUT2D eigenvalue weighted by Gasteiger charge is 2.05. The minimum atomic E-state index is -0.0935. The molecule has 2 N–H and O–H groups in total. The minimum Gasteiger partial charge on any atom is -0.378 e. The molecule has 5 nitrogen and oxygen atoms in total. The first-order valence-electron chi connectivity index (χ1n) is 7.83. The minimum absolute atomic E-state index is 0.0935. The molecule has 1 aromatic carbocycles. The number of hydrogen-bond acceptors (Lipinski definition) is 4. The van der Waals surface area contributed by atoms with Gasteiger partial charge in [0.1, 0.15) is 5.82 Å². The molecule has 0 radical (unpaired) electrons. The summed E-state index contributed by atoms with van der Waals surface area (Å²) in [5.74, 6) is 0.439. The Morgan fingerprint density at radius 1 is 1.00 bits per heavy atom. The van der Waals surface area contributed by atoms with Gasteiger partial charge in [-0.15, -0.1) is 0 Å². The number of amides is 1. The predicted molar refractivity (Wildman–Crippen MR) is 102 cm³/mol. The number of halogens is 1. The van der Waals surface area contributed by atoms with Crippen LogP contribution in [0.25, 0.3) is 0 Å². The van der Waals surface area contributed by atoms with Crippen molar-refractivity contribution in [3.63, 3.8) is 0 Å². The second kappa shape index (κ2) is 8.39. The van der Waals surface area contributed by atoms with Crippen molar-refractivity contribution in [3.05, 3.63) is 82.7 Å². The molecule has 2 aromatic heterocycles. The van der Waals surface area contributed by atoms with Gasteiger partial charge in [-0.05, 0) is 42.0 Å². The summed E-state index contributed by atoms with van der Waals surface area (Å²) in [6, 6.07) is 17.1. The molecule has 0 spiro atoms. The van der Waals surface area contributed by atoms with Crippen molar-refractivity contribution in [1.82, 2.24) is 9.97 Å². The third-order valence-electron chi connectivity index (χ3n) is 3.51. The van der Waals surface area contributed by atoms with Crippen LogP contribution >= 0.6 is 15.9 Å². The maximum Gasteiger partial charge on any atom is 0.229 e. The summed E-state index contributed by atoms with van der Waals surface area (Å²) in [4.78, 5) is 20.6. The Bertz CT molecular complexity index is 820. The first-order valence-corrected chi connectivity index (χ1v) is 8.62. The lowest BCUT2D eigenvalue weighted by Gasteiger charge is -2.08. The molecule has 0 aliphatic rings. The second-order valence-electron chi connectivity index (χ2n) is 5.46. The van der Waals surface area contributed by atoms with Crippen LogP contribution < -0.4 is 10.6 Å². The van der Waals surface area contributed by atoms with Crippen molar-refractivity contribution in [2.75, 3.05) is 10.6 Å². The molecular formula is C19H17BrN4O. The zero-order chi connectivity index (χ0) is 17.5. The summed E-state index contributed by atoms with van der Waals surface area (Å²) in [7, 11) is 0. The topological polar surface area (TPSA) is 66.9 Å². The summed E-state index contributed by atoms with van der Waals surface area (Å²) >= 11 is 3.38. The van der Waals surface area contributed by atoms with Crippen LogP contribution in [0.15, 0.2) is 71.5 Å². The maximum atomic E-state index is 12.1. The molecule has 126 valence electrons. The Balaban J connectivity index is 1.51. The van der Waals surface area contributed by atoms with Gasteiger partial charge in [0.25, 0.3) is 0 Å². The van der Waals surface area contributed by atoms with Crippen LogP contribution in [0.2, 0.25) is 0 Å². The third kappa shape index (κ3) is 5.39. The molecule has 0 aliphatic heterocycles. The SMILES string of the molecule is O=C(Cc1ccc(Br)cc1)Nc1ccc(NCc2ccccn2)cn1. The van der Waals surface area contributed by atoms with Gasteiger partial charge in [0, 0.05) is 10.7 Å². The summed E-state index contributed by atoms with van der Waals surface area (Å²) in [6.07, 6.45) is 3.77. The first kappa shape index (κ1) is 17.1. The van der Waals surface area contributed by atoms with E-state index in [1.54, 1.807) is 18.5 Å². The van der Waals surface area contributed by atoms with Crippen molar-refractivity contribution >= 4 is 33.3 Å². The van der Waals surface area contributed by atoms with E-state index in [9.17, 15) is 4.79 Å². The van der Waals surface area contributed by atoms with Crippen LogP contribution in [0.5, 0.6) is 0 Å². The van der Waals surface area contributed by atoms with Crippen molar-refractivity contribution in [1.29, 1.82) is 0 Å². The summed E-state index contributed by atoms with van der Waals surface area (Å²) in [5, 5.41) is 6.05. The fourth-order valence-electron chi connectivity index (χ4n) is 2.24. The Labute approximate surface area is 154 Å². The summed E-state index contributed by atoms with van der Waals surface area (Å²) in [6.45, 7) is 0.623. The predicted octanol–water partition coefficient (Wildman–Crippen LogP) is 4.03. The van der Waals surface area contributed by atoms with Gasteiger partial charge in [-0.1, -0.05) is 34.1 Å². The Hall–Kier alpha value is -2.73. The lowest BCUT2D eigenvalue weighted by atomic mass is 10.1. The molecular weight excluding hydrogens is 380 g/mol. The van der Waals surface area contributed by atoms with E-state index >= 15 is 0 Å². The van der Waals surface area contributed by atoms with E-state index in [1.165, 1.54) is 0 Å². The average Bonchev–Trinajstić information content (AvgIpc) is 2.64. The van der Waals surface area contributed by atoms with E-state index in [2.05, 4.69) is 36.5 Å². The number of anilines is 2. The number of nitrogens with one attached hydrogen (secondary N) is 2. The smallest absolute Gasteiger partial charge is 0.229 e. The molecule has 2 heterocycles. The molecule has 0 bridgehead atoms. The Morgan fingerprint density at radius 2 is 1.84 bits per heavy atom. The Morgan fingerprint density at radius 3 is 2.52 bits per heavy atom. The number of rotatable bonds is 6.